The molecule has 0 saturated heterocycles. The first-order chi connectivity index (χ1) is 15.3. The Bertz CT molecular complexity index is 1500. The van der Waals surface area contributed by atoms with Crippen molar-refractivity contribution < 1.29 is 0 Å². The van der Waals surface area contributed by atoms with E-state index in [0.29, 0.717) is 21.8 Å². The van der Waals surface area contributed by atoms with Crippen LogP contribution in [0, 0.1) is 27.7 Å². The topological polar surface area (TPSA) is 65.7 Å². The number of rotatable bonds is 2. The van der Waals surface area contributed by atoms with Crippen molar-refractivity contribution in [2.45, 2.75) is 27.7 Å². The Morgan fingerprint density at radius 1 is 0.531 bits per heavy atom. The molecule has 0 unspecified atom stereocenters. The number of hydrogen-bond donors (Lipinski definition) is 2. The van der Waals surface area contributed by atoms with E-state index in [-0.39, 0.29) is 10.9 Å². The standard InChI is InChI=1S/C28H24N2O2/c1-15-5-9-19(10-6-15)21-13-23(31)25-18(4)28-26(17(3)27(25)29-21)24(32)14-22(30-28)20-11-7-16(2)8-12-20/h5-14H,1-4H3,(H,29,31)(H,30,32). The third-order valence-corrected chi connectivity index (χ3v) is 6.29. The van der Waals surface area contributed by atoms with Gasteiger partial charge in [-0.3, -0.25) is 9.59 Å². The van der Waals surface area contributed by atoms with Gasteiger partial charge >= 0.3 is 0 Å². The summed E-state index contributed by atoms with van der Waals surface area (Å²) in [7, 11) is 0. The van der Waals surface area contributed by atoms with Crippen molar-refractivity contribution in [3.63, 3.8) is 0 Å². The van der Waals surface area contributed by atoms with Crippen LogP contribution < -0.4 is 10.9 Å². The maximum Gasteiger partial charge on any atom is 0.190 e. The van der Waals surface area contributed by atoms with Crippen LogP contribution in [0.4, 0.5) is 0 Å². The zero-order valence-corrected chi connectivity index (χ0v) is 18.6. The van der Waals surface area contributed by atoms with Gasteiger partial charge in [-0.05, 0) is 49.9 Å². The fourth-order valence-corrected chi connectivity index (χ4v) is 4.45. The molecule has 4 heteroatoms. The van der Waals surface area contributed by atoms with Crippen LogP contribution in [0.1, 0.15) is 22.3 Å². The van der Waals surface area contributed by atoms with Crippen molar-refractivity contribution in [2.75, 3.05) is 0 Å². The molecule has 0 aliphatic carbocycles. The van der Waals surface area contributed by atoms with Crippen LogP contribution in [-0.2, 0) is 0 Å². The summed E-state index contributed by atoms with van der Waals surface area (Å²) in [4.78, 5) is 33.3. The maximum atomic E-state index is 13.2. The van der Waals surface area contributed by atoms with Crippen molar-refractivity contribution in [2.24, 2.45) is 0 Å². The Hall–Kier alpha value is -3.92. The normalized spacial score (nSPS) is 11.4. The lowest BCUT2D eigenvalue weighted by Crippen LogP contribution is -2.11. The minimum atomic E-state index is -0.0570. The second-order valence-corrected chi connectivity index (χ2v) is 8.58. The summed E-state index contributed by atoms with van der Waals surface area (Å²) in [6.45, 7) is 7.87. The summed E-state index contributed by atoms with van der Waals surface area (Å²) in [6, 6.07) is 19.4. The van der Waals surface area contributed by atoms with Crippen molar-refractivity contribution in [3.05, 3.63) is 103 Å². The van der Waals surface area contributed by atoms with E-state index in [4.69, 9.17) is 0 Å². The summed E-state index contributed by atoms with van der Waals surface area (Å²) >= 11 is 0. The van der Waals surface area contributed by atoms with Crippen LogP contribution in [0.3, 0.4) is 0 Å². The molecule has 5 rings (SSSR count). The van der Waals surface area contributed by atoms with Gasteiger partial charge in [0.2, 0.25) is 0 Å². The van der Waals surface area contributed by atoms with E-state index in [1.165, 1.54) is 0 Å². The van der Waals surface area contributed by atoms with E-state index >= 15 is 0 Å². The van der Waals surface area contributed by atoms with Crippen molar-refractivity contribution >= 4 is 21.8 Å². The van der Waals surface area contributed by atoms with Crippen LogP contribution in [0.15, 0.2) is 70.3 Å². The summed E-state index contributed by atoms with van der Waals surface area (Å²) in [5.41, 5.74) is 8.57. The molecular formula is C28H24N2O2. The van der Waals surface area contributed by atoms with Gasteiger partial charge in [-0.25, -0.2) is 0 Å². The van der Waals surface area contributed by atoms with Crippen molar-refractivity contribution in [3.8, 4) is 22.5 Å². The van der Waals surface area contributed by atoms with Crippen LogP contribution in [0.25, 0.3) is 44.3 Å². The van der Waals surface area contributed by atoms with Crippen LogP contribution in [0.2, 0.25) is 0 Å². The van der Waals surface area contributed by atoms with Crippen molar-refractivity contribution in [1.82, 2.24) is 9.97 Å². The van der Waals surface area contributed by atoms with Crippen molar-refractivity contribution in [1.29, 1.82) is 0 Å². The number of hydrogen-bond acceptors (Lipinski definition) is 2. The molecule has 2 N–H and O–H groups in total. The molecule has 0 saturated carbocycles. The summed E-state index contributed by atoms with van der Waals surface area (Å²) in [5, 5.41) is 1.23. The first kappa shape index (κ1) is 20.0. The lowest BCUT2D eigenvalue weighted by atomic mass is 9.96. The minimum Gasteiger partial charge on any atom is -0.354 e. The predicted octanol–water partition coefficient (Wildman–Crippen LogP) is 5.94. The number of nitrogens with one attached hydrogen (secondary N) is 2. The number of fused-ring (bicyclic) bond motifs is 2. The average molecular weight is 421 g/mol. The van der Waals surface area contributed by atoms with Gasteiger partial charge < -0.3 is 9.97 Å². The molecule has 5 aromatic rings. The van der Waals surface area contributed by atoms with Crippen LogP contribution in [0.5, 0.6) is 0 Å². The summed E-state index contributed by atoms with van der Waals surface area (Å²) < 4.78 is 0. The quantitative estimate of drug-likeness (QED) is 0.347. The van der Waals surface area contributed by atoms with Gasteiger partial charge in [0.1, 0.15) is 0 Å². The highest BCUT2D eigenvalue weighted by molar-refractivity contribution is 6.03. The van der Waals surface area contributed by atoms with E-state index in [0.717, 1.165) is 44.8 Å². The van der Waals surface area contributed by atoms with Crippen LogP contribution in [-0.4, -0.2) is 9.97 Å². The molecule has 0 spiro atoms. The first-order valence-corrected chi connectivity index (χ1v) is 10.7. The lowest BCUT2D eigenvalue weighted by Gasteiger charge is -2.14. The number of pyridine rings is 2. The SMILES string of the molecule is Cc1ccc(-c2cc(=O)c3c(C)c4[nH]c(-c5ccc(C)cc5)cc(=O)c4c(C)c3[nH]2)cc1. The highest BCUT2D eigenvalue weighted by Gasteiger charge is 2.17. The Kier molecular flexibility index (Phi) is 4.59. The highest BCUT2D eigenvalue weighted by atomic mass is 16.1. The van der Waals surface area contributed by atoms with E-state index < -0.39 is 0 Å². The number of aromatic nitrogens is 2. The summed E-state index contributed by atoms with van der Waals surface area (Å²) in [6.07, 6.45) is 0. The molecule has 2 heterocycles. The first-order valence-electron chi connectivity index (χ1n) is 10.7. The van der Waals surface area contributed by atoms with Gasteiger partial charge in [0.25, 0.3) is 0 Å². The zero-order valence-electron chi connectivity index (χ0n) is 18.6. The van der Waals surface area contributed by atoms with Gasteiger partial charge in [-0.2, -0.15) is 0 Å². The van der Waals surface area contributed by atoms with E-state index in [1.807, 2.05) is 76.2 Å². The molecule has 32 heavy (non-hydrogen) atoms. The number of benzene rings is 3. The lowest BCUT2D eigenvalue weighted by molar-refractivity contribution is 1.30. The fraction of sp³-hybridized carbons (Fsp3) is 0.143. The van der Waals surface area contributed by atoms with E-state index in [2.05, 4.69) is 9.97 Å². The van der Waals surface area contributed by atoms with Gasteiger partial charge in [0.05, 0.1) is 21.8 Å². The smallest absolute Gasteiger partial charge is 0.190 e. The molecule has 0 aliphatic rings. The Labute approximate surface area is 185 Å². The number of aryl methyl sites for hydroxylation is 4. The minimum absolute atomic E-state index is 0.0570. The van der Waals surface area contributed by atoms with E-state index in [1.54, 1.807) is 12.1 Å². The molecule has 0 radical (unpaired) electrons. The summed E-state index contributed by atoms with van der Waals surface area (Å²) in [5.74, 6) is 0. The van der Waals surface area contributed by atoms with Gasteiger partial charge in [-0.15, -0.1) is 0 Å². The largest absolute Gasteiger partial charge is 0.354 e. The number of aromatic amines is 2. The molecule has 0 fully saturated rings. The van der Waals surface area contributed by atoms with Gasteiger partial charge in [0.15, 0.2) is 10.9 Å². The molecule has 158 valence electrons. The third-order valence-electron chi connectivity index (χ3n) is 6.29. The van der Waals surface area contributed by atoms with Gasteiger partial charge in [-0.1, -0.05) is 59.7 Å². The maximum absolute atomic E-state index is 13.2. The molecule has 2 aromatic heterocycles. The molecule has 0 aliphatic heterocycles. The second-order valence-electron chi connectivity index (χ2n) is 8.58. The number of H-pyrrole nitrogens is 2. The average Bonchev–Trinajstić information content (AvgIpc) is 2.77. The Morgan fingerprint density at radius 3 is 1.22 bits per heavy atom. The molecule has 0 bridgehead atoms. The third kappa shape index (κ3) is 3.16. The molecule has 0 atom stereocenters. The Balaban J connectivity index is 1.82. The fourth-order valence-electron chi connectivity index (χ4n) is 4.45. The van der Waals surface area contributed by atoms with E-state index in [9.17, 15) is 9.59 Å². The molecule has 3 aromatic carbocycles. The molecule has 4 nitrogen and oxygen atoms in total. The predicted molar refractivity (Wildman–Crippen MR) is 133 cm³/mol. The van der Waals surface area contributed by atoms with Crippen LogP contribution >= 0.6 is 0 Å². The highest BCUT2D eigenvalue weighted by Crippen LogP contribution is 2.30. The van der Waals surface area contributed by atoms with Gasteiger partial charge in [0, 0.05) is 23.5 Å². The molecule has 0 amide bonds. The molecular weight excluding hydrogens is 396 g/mol. The monoisotopic (exact) mass is 420 g/mol. The Morgan fingerprint density at radius 2 is 0.875 bits per heavy atom. The second kappa shape index (κ2) is 7.34. The zero-order chi connectivity index (χ0) is 22.6.